The van der Waals surface area contributed by atoms with Crippen LogP contribution in [-0.2, 0) is 0 Å². The predicted octanol–water partition coefficient (Wildman–Crippen LogP) is 3.43. The second kappa shape index (κ2) is 6.16. The van der Waals surface area contributed by atoms with Crippen LogP contribution in [0.2, 0.25) is 0 Å². The molecule has 1 aromatic rings. The zero-order chi connectivity index (χ0) is 15.7. The quantitative estimate of drug-likeness (QED) is 0.863. The third-order valence-corrected chi connectivity index (χ3v) is 6.18. The fraction of sp³-hybridized carbons (Fsp3) is 0.632. The molecule has 3 aliphatic rings. The minimum Gasteiger partial charge on any atom is -0.410 e. The molecule has 2 aliphatic heterocycles. The van der Waals surface area contributed by atoms with Gasteiger partial charge in [-0.1, -0.05) is 31.0 Å². The number of likely N-dealkylation sites (tertiary alicyclic amines) is 1. The highest BCUT2D eigenvalue weighted by atomic mass is 16.6. The molecule has 2 atom stereocenters. The fourth-order valence-electron chi connectivity index (χ4n) is 5.07. The lowest BCUT2D eigenvalue weighted by Crippen LogP contribution is -2.43. The number of hydrogen-bond donors (Lipinski definition) is 1. The van der Waals surface area contributed by atoms with Gasteiger partial charge in [-0.2, -0.15) is 0 Å². The molecule has 1 saturated carbocycles. The minimum absolute atomic E-state index is 0.150. The number of piperidine rings is 1. The Morgan fingerprint density at radius 2 is 1.87 bits per heavy atom. The topological polar surface area (TPSA) is 41.6 Å². The molecular formula is C19H26N2O2. The lowest BCUT2D eigenvalue weighted by molar-refractivity contribution is 0.116. The molecule has 124 valence electrons. The van der Waals surface area contributed by atoms with Crippen LogP contribution in [0.4, 0.5) is 4.79 Å². The van der Waals surface area contributed by atoms with Gasteiger partial charge in [-0.25, -0.2) is 4.79 Å². The molecular weight excluding hydrogens is 288 g/mol. The summed E-state index contributed by atoms with van der Waals surface area (Å²) in [4.78, 5) is 14.8. The van der Waals surface area contributed by atoms with Gasteiger partial charge in [-0.3, -0.25) is 0 Å². The van der Waals surface area contributed by atoms with E-state index in [1.165, 1.54) is 32.1 Å². The van der Waals surface area contributed by atoms with E-state index >= 15 is 0 Å². The Kier molecular flexibility index (Phi) is 4.02. The molecule has 4 heteroatoms. The van der Waals surface area contributed by atoms with E-state index in [0.29, 0.717) is 23.1 Å². The monoisotopic (exact) mass is 314 g/mol. The largest absolute Gasteiger partial charge is 0.415 e. The molecule has 1 aliphatic carbocycles. The number of nitrogens with zero attached hydrogens (tertiary/aromatic N) is 1. The average Bonchev–Trinajstić information content (AvgIpc) is 2.91. The van der Waals surface area contributed by atoms with E-state index in [1.54, 1.807) is 0 Å². The Balaban J connectivity index is 1.54. The Hall–Kier alpha value is -1.55. The van der Waals surface area contributed by atoms with Gasteiger partial charge in [0.05, 0.1) is 0 Å². The zero-order valence-corrected chi connectivity index (χ0v) is 13.7. The smallest absolute Gasteiger partial charge is 0.410 e. The summed E-state index contributed by atoms with van der Waals surface area (Å²) in [7, 11) is 0. The maximum Gasteiger partial charge on any atom is 0.415 e. The van der Waals surface area contributed by atoms with E-state index in [2.05, 4.69) is 10.2 Å². The fourth-order valence-corrected chi connectivity index (χ4v) is 5.07. The number of carbonyl (C=O) groups excluding carboxylic acids is 1. The first-order valence-corrected chi connectivity index (χ1v) is 9.03. The van der Waals surface area contributed by atoms with Gasteiger partial charge in [-0.05, 0) is 62.2 Å². The molecule has 23 heavy (non-hydrogen) atoms. The van der Waals surface area contributed by atoms with E-state index in [4.69, 9.17) is 4.74 Å². The van der Waals surface area contributed by atoms with E-state index in [9.17, 15) is 4.79 Å². The molecule has 0 unspecified atom stereocenters. The maximum absolute atomic E-state index is 12.8. The molecule has 2 heterocycles. The van der Waals surface area contributed by atoms with Gasteiger partial charge < -0.3 is 15.0 Å². The van der Waals surface area contributed by atoms with Crippen molar-refractivity contribution in [3.05, 3.63) is 30.3 Å². The van der Waals surface area contributed by atoms with Crippen LogP contribution in [-0.4, -0.2) is 36.7 Å². The molecule has 1 spiro atoms. The lowest BCUT2D eigenvalue weighted by Gasteiger charge is -2.41. The summed E-state index contributed by atoms with van der Waals surface area (Å²) in [5.41, 5.74) is 0.325. The van der Waals surface area contributed by atoms with Crippen LogP contribution in [0.3, 0.4) is 0 Å². The van der Waals surface area contributed by atoms with E-state index in [1.807, 2.05) is 30.3 Å². The van der Waals surface area contributed by atoms with Gasteiger partial charge in [0.1, 0.15) is 5.75 Å². The minimum atomic E-state index is -0.150. The van der Waals surface area contributed by atoms with Crippen LogP contribution in [0.15, 0.2) is 30.3 Å². The number of amides is 1. The normalized spacial score (nSPS) is 29.3. The average molecular weight is 314 g/mol. The first-order valence-electron chi connectivity index (χ1n) is 9.03. The molecule has 4 rings (SSSR count). The van der Waals surface area contributed by atoms with Crippen molar-refractivity contribution in [3.63, 3.8) is 0 Å². The summed E-state index contributed by atoms with van der Waals surface area (Å²) >= 11 is 0. The Morgan fingerprint density at radius 1 is 1.13 bits per heavy atom. The van der Waals surface area contributed by atoms with Crippen molar-refractivity contribution in [1.82, 2.24) is 10.2 Å². The van der Waals surface area contributed by atoms with E-state index in [0.717, 1.165) is 26.1 Å². The number of nitrogens with one attached hydrogen (secondary N) is 1. The summed E-state index contributed by atoms with van der Waals surface area (Å²) in [5.74, 6) is 1.32. The first-order chi connectivity index (χ1) is 11.3. The Bertz CT molecular complexity index is 554. The van der Waals surface area contributed by atoms with Gasteiger partial charge in [0.2, 0.25) is 0 Å². The highest BCUT2D eigenvalue weighted by molar-refractivity contribution is 5.71. The molecule has 0 aromatic heterocycles. The van der Waals surface area contributed by atoms with E-state index in [-0.39, 0.29) is 6.09 Å². The summed E-state index contributed by atoms with van der Waals surface area (Å²) in [5, 5.41) is 3.48. The number of carbonyl (C=O) groups is 1. The first kappa shape index (κ1) is 15.0. The van der Waals surface area contributed by atoms with Gasteiger partial charge >= 0.3 is 6.09 Å². The number of rotatable bonds is 1. The van der Waals surface area contributed by atoms with Crippen LogP contribution in [0.1, 0.15) is 38.5 Å². The van der Waals surface area contributed by atoms with Gasteiger partial charge in [-0.15, -0.1) is 0 Å². The molecule has 0 radical (unpaired) electrons. The van der Waals surface area contributed by atoms with Crippen molar-refractivity contribution >= 4 is 6.09 Å². The third kappa shape index (κ3) is 2.74. The Labute approximate surface area is 138 Å². The van der Waals surface area contributed by atoms with Crippen molar-refractivity contribution in [2.45, 2.75) is 44.6 Å². The molecule has 4 nitrogen and oxygen atoms in total. The highest BCUT2D eigenvalue weighted by Crippen LogP contribution is 2.52. The molecule has 1 aromatic carbocycles. The van der Waals surface area contributed by atoms with Gasteiger partial charge in [0, 0.05) is 12.6 Å². The number of para-hydroxylation sites is 1. The molecule has 1 N–H and O–H groups in total. The predicted molar refractivity (Wildman–Crippen MR) is 89.5 cm³/mol. The SMILES string of the molecule is O=C(Oc1ccccc1)N1CC2(CCNCC2)[C@@H]2CCCC[C@H]21. The number of fused-ring (bicyclic) bond motifs is 2. The summed E-state index contributed by atoms with van der Waals surface area (Å²) in [6.07, 6.45) is 7.22. The standard InChI is InChI=1S/C19H26N2O2/c22-18(23-15-6-2-1-3-7-15)21-14-19(10-12-20-13-11-19)16-8-4-5-9-17(16)21/h1-3,6-7,16-17,20H,4-5,8-14H2/t16-,17-/m1/s1. The molecule has 1 amide bonds. The third-order valence-electron chi connectivity index (χ3n) is 6.18. The summed E-state index contributed by atoms with van der Waals surface area (Å²) in [6, 6.07) is 9.85. The summed E-state index contributed by atoms with van der Waals surface area (Å²) in [6.45, 7) is 3.06. The van der Waals surface area contributed by atoms with Crippen molar-refractivity contribution in [2.75, 3.05) is 19.6 Å². The van der Waals surface area contributed by atoms with Crippen LogP contribution in [0, 0.1) is 11.3 Å². The highest BCUT2D eigenvalue weighted by Gasteiger charge is 2.54. The lowest BCUT2D eigenvalue weighted by atomic mass is 9.65. The van der Waals surface area contributed by atoms with Gasteiger partial charge in [0.25, 0.3) is 0 Å². The number of benzene rings is 1. The van der Waals surface area contributed by atoms with Gasteiger partial charge in [0.15, 0.2) is 0 Å². The van der Waals surface area contributed by atoms with Crippen molar-refractivity contribution in [2.24, 2.45) is 11.3 Å². The van der Waals surface area contributed by atoms with Crippen molar-refractivity contribution in [3.8, 4) is 5.75 Å². The number of ether oxygens (including phenoxy) is 1. The van der Waals surface area contributed by atoms with Crippen molar-refractivity contribution < 1.29 is 9.53 Å². The van der Waals surface area contributed by atoms with Crippen LogP contribution in [0.5, 0.6) is 5.75 Å². The second-order valence-corrected chi connectivity index (χ2v) is 7.38. The zero-order valence-electron chi connectivity index (χ0n) is 13.7. The Morgan fingerprint density at radius 3 is 2.65 bits per heavy atom. The summed E-state index contributed by atoms with van der Waals surface area (Å²) < 4.78 is 5.65. The van der Waals surface area contributed by atoms with Crippen LogP contribution in [0.25, 0.3) is 0 Å². The molecule has 2 saturated heterocycles. The number of hydrogen-bond acceptors (Lipinski definition) is 3. The maximum atomic E-state index is 12.8. The van der Waals surface area contributed by atoms with Crippen LogP contribution < -0.4 is 10.1 Å². The molecule has 3 fully saturated rings. The molecule has 0 bridgehead atoms. The van der Waals surface area contributed by atoms with Crippen LogP contribution >= 0.6 is 0 Å². The van der Waals surface area contributed by atoms with Crippen molar-refractivity contribution in [1.29, 1.82) is 0 Å². The second-order valence-electron chi connectivity index (χ2n) is 7.38. The van der Waals surface area contributed by atoms with E-state index < -0.39 is 0 Å².